The number of carbonyl (C=O) groups is 2. The molecule has 0 aliphatic carbocycles. The normalized spacial score (nSPS) is 11.1. The summed E-state index contributed by atoms with van der Waals surface area (Å²) in [5, 5.41) is 5.58. The van der Waals surface area contributed by atoms with Gasteiger partial charge in [0, 0.05) is 29.0 Å². The number of nitrogens with zero attached hydrogens (tertiary/aromatic N) is 3. The van der Waals surface area contributed by atoms with Crippen LogP contribution in [0.4, 0.5) is 30.8 Å². The van der Waals surface area contributed by atoms with Crippen molar-refractivity contribution in [2.45, 2.75) is 26.8 Å². The van der Waals surface area contributed by atoms with Gasteiger partial charge < -0.3 is 20.9 Å². The summed E-state index contributed by atoms with van der Waals surface area (Å²) in [6.07, 6.45) is 1.35. The van der Waals surface area contributed by atoms with Gasteiger partial charge in [0.15, 0.2) is 0 Å². The maximum absolute atomic E-state index is 13.4. The predicted molar refractivity (Wildman–Crippen MR) is 126 cm³/mol. The van der Waals surface area contributed by atoms with E-state index >= 15 is 0 Å². The Labute approximate surface area is 193 Å². The Balaban J connectivity index is 1.64. The van der Waals surface area contributed by atoms with Crippen LogP contribution in [0.25, 0.3) is 11.0 Å². The summed E-state index contributed by atoms with van der Waals surface area (Å²) in [7, 11) is 0. The number of urea groups is 1. The largest absolute Gasteiger partial charge is 0.383 e. The molecule has 0 saturated carbocycles. The van der Waals surface area contributed by atoms with E-state index in [0.29, 0.717) is 39.6 Å². The first kappa shape index (κ1) is 22.8. The average molecular weight is 464 g/mol. The zero-order chi connectivity index (χ0) is 24.6. The van der Waals surface area contributed by atoms with Crippen LogP contribution in [-0.4, -0.2) is 26.3 Å². The molecule has 0 fully saturated rings. The van der Waals surface area contributed by atoms with Gasteiger partial charge in [-0.3, -0.25) is 4.79 Å². The fraction of sp³-hybridized carbons (Fsp3) is 0.167. The number of anilines is 3. The molecule has 2 amide bonds. The maximum atomic E-state index is 13.4. The minimum absolute atomic E-state index is 0.0416. The van der Waals surface area contributed by atoms with Crippen LogP contribution in [-0.2, 0) is 0 Å². The van der Waals surface area contributed by atoms with Crippen molar-refractivity contribution >= 4 is 40.0 Å². The highest BCUT2D eigenvalue weighted by atomic mass is 19.1. The number of rotatable bonds is 5. The van der Waals surface area contributed by atoms with Crippen molar-refractivity contribution in [3.63, 3.8) is 0 Å². The van der Waals surface area contributed by atoms with Crippen LogP contribution in [0, 0.1) is 18.6 Å². The topological polar surface area (TPSA) is 115 Å². The minimum Gasteiger partial charge on any atom is -0.383 e. The van der Waals surface area contributed by atoms with Gasteiger partial charge in [0.2, 0.25) is 5.78 Å². The van der Waals surface area contributed by atoms with Crippen LogP contribution in [0.5, 0.6) is 0 Å². The molecular formula is C24H22F2N6O2. The molecule has 0 saturated heterocycles. The lowest BCUT2D eigenvalue weighted by Crippen LogP contribution is -2.20. The second kappa shape index (κ2) is 8.89. The molecular weight excluding hydrogens is 442 g/mol. The lowest BCUT2D eigenvalue weighted by Gasteiger charge is -2.15. The molecule has 2 aromatic heterocycles. The number of fused-ring (bicyclic) bond motifs is 1. The monoisotopic (exact) mass is 464 g/mol. The van der Waals surface area contributed by atoms with Crippen LogP contribution in [0.2, 0.25) is 0 Å². The van der Waals surface area contributed by atoms with E-state index in [9.17, 15) is 18.4 Å². The van der Waals surface area contributed by atoms with E-state index in [-0.39, 0.29) is 23.3 Å². The molecule has 0 aliphatic rings. The van der Waals surface area contributed by atoms with Crippen molar-refractivity contribution in [2.75, 3.05) is 16.4 Å². The fourth-order valence-electron chi connectivity index (χ4n) is 3.70. The van der Waals surface area contributed by atoms with E-state index in [4.69, 9.17) is 5.73 Å². The van der Waals surface area contributed by atoms with Gasteiger partial charge in [-0.1, -0.05) is 12.1 Å². The predicted octanol–water partition coefficient (Wildman–Crippen LogP) is 5.06. The molecule has 2 aromatic carbocycles. The molecule has 0 spiro atoms. The Morgan fingerprint density at radius 1 is 1.00 bits per heavy atom. The molecule has 2 heterocycles. The molecule has 4 rings (SSSR count). The van der Waals surface area contributed by atoms with Crippen LogP contribution >= 0.6 is 0 Å². The second-order valence-electron chi connectivity index (χ2n) is 8.09. The first-order valence-electron chi connectivity index (χ1n) is 10.4. The number of aryl methyl sites for hydroxylation is 1. The number of halogens is 2. The van der Waals surface area contributed by atoms with Crippen molar-refractivity contribution < 1.29 is 18.4 Å². The summed E-state index contributed by atoms with van der Waals surface area (Å²) in [5.74, 6) is -1.65. The molecule has 0 radical (unpaired) electrons. The number of nitrogen functional groups attached to an aromatic ring is 1. The molecule has 10 heteroatoms. The van der Waals surface area contributed by atoms with E-state index in [2.05, 4.69) is 20.6 Å². The number of amides is 2. The summed E-state index contributed by atoms with van der Waals surface area (Å²) in [5.41, 5.74) is 8.26. The number of hydrogen-bond donors (Lipinski definition) is 3. The highest BCUT2D eigenvalue weighted by Crippen LogP contribution is 2.28. The molecule has 0 aliphatic heterocycles. The summed E-state index contributed by atoms with van der Waals surface area (Å²) in [6.45, 7) is 5.61. The summed E-state index contributed by atoms with van der Waals surface area (Å²) >= 11 is 0. The number of ketones is 1. The molecule has 174 valence electrons. The molecule has 34 heavy (non-hydrogen) atoms. The quantitative estimate of drug-likeness (QED) is 0.357. The average Bonchev–Trinajstić information content (AvgIpc) is 3.15. The number of nitrogens with one attached hydrogen (secondary N) is 2. The van der Waals surface area contributed by atoms with Crippen LogP contribution < -0.4 is 16.4 Å². The number of aromatic nitrogens is 3. The van der Waals surface area contributed by atoms with Crippen molar-refractivity contribution in [3.05, 3.63) is 77.2 Å². The van der Waals surface area contributed by atoms with E-state index in [1.54, 1.807) is 35.8 Å². The summed E-state index contributed by atoms with van der Waals surface area (Å²) < 4.78 is 28.6. The van der Waals surface area contributed by atoms with Crippen LogP contribution in [0.15, 0.2) is 48.8 Å². The third kappa shape index (κ3) is 4.42. The zero-order valence-corrected chi connectivity index (χ0v) is 18.7. The number of nitrogens with two attached hydrogens (primary N) is 1. The van der Waals surface area contributed by atoms with E-state index in [1.807, 2.05) is 13.8 Å². The third-order valence-electron chi connectivity index (χ3n) is 5.28. The summed E-state index contributed by atoms with van der Waals surface area (Å²) in [6, 6.07) is 8.46. The highest BCUT2D eigenvalue weighted by Gasteiger charge is 2.22. The van der Waals surface area contributed by atoms with Crippen LogP contribution in [0.1, 0.15) is 41.5 Å². The van der Waals surface area contributed by atoms with Gasteiger partial charge in [-0.25, -0.2) is 23.5 Å². The minimum atomic E-state index is -0.815. The van der Waals surface area contributed by atoms with E-state index in [1.165, 1.54) is 6.33 Å². The van der Waals surface area contributed by atoms with Gasteiger partial charge in [-0.05, 0) is 50.6 Å². The molecule has 0 bridgehead atoms. The fourth-order valence-corrected chi connectivity index (χ4v) is 3.70. The number of hydrogen-bond acceptors (Lipinski definition) is 5. The lowest BCUT2D eigenvalue weighted by molar-refractivity contribution is 0.102. The Hall–Kier alpha value is -4.34. The van der Waals surface area contributed by atoms with Gasteiger partial charge in [0.05, 0.1) is 11.1 Å². The lowest BCUT2D eigenvalue weighted by atomic mass is 10.0. The Morgan fingerprint density at radius 2 is 1.71 bits per heavy atom. The SMILES string of the molecule is Cc1ccc(C(=O)c2cc3c(N)ncnc3n2C(C)C)cc1NC(=O)Nc1cc(F)cc(F)c1. The highest BCUT2D eigenvalue weighted by molar-refractivity contribution is 6.12. The van der Waals surface area contributed by atoms with Crippen LogP contribution in [0.3, 0.4) is 0 Å². The Kier molecular flexibility index (Phi) is 5.97. The Bertz CT molecular complexity index is 1410. The van der Waals surface area contributed by atoms with E-state index in [0.717, 1.165) is 12.1 Å². The van der Waals surface area contributed by atoms with Gasteiger partial charge in [-0.2, -0.15) is 0 Å². The van der Waals surface area contributed by atoms with Gasteiger partial charge in [0.25, 0.3) is 0 Å². The zero-order valence-electron chi connectivity index (χ0n) is 18.7. The van der Waals surface area contributed by atoms with Gasteiger partial charge in [-0.15, -0.1) is 0 Å². The van der Waals surface area contributed by atoms with Gasteiger partial charge >= 0.3 is 6.03 Å². The number of carbonyl (C=O) groups excluding carboxylic acids is 2. The first-order chi connectivity index (χ1) is 16.1. The van der Waals surface area contributed by atoms with E-state index < -0.39 is 17.7 Å². The molecule has 4 N–H and O–H groups in total. The van der Waals surface area contributed by atoms with Crippen molar-refractivity contribution in [2.24, 2.45) is 0 Å². The van der Waals surface area contributed by atoms with Crippen molar-refractivity contribution in [1.82, 2.24) is 14.5 Å². The van der Waals surface area contributed by atoms with Gasteiger partial charge in [0.1, 0.15) is 29.4 Å². The first-order valence-corrected chi connectivity index (χ1v) is 10.4. The summed E-state index contributed by atoms with van der Waals surface area (Å²) in [4.78, 5) is 34.1. The molecule has 0 atom stereocenters. The maximum Gasteiger partial charge on any atom is 0.323 e. The number of benzene rings is 2. The Morgan fingerprint density at radius 3 is 2.38 bits per heavy atom. The molecule has 8 nitrogen and oxygen atoms in total. The smallest absolute Gasteiger partial charge is 0.323 e. The van der Waals surface area contributed by atoms with Crippen molar-refractivity contribution in [1.29, 1.82) is 0 Å². The molecule has 0 unspecified atom stereocenters. The van der Waals surface area contributed by atoms with Crippen molar-refractivity contribution in [3.8, 4) is 0 Å². The third-order valence-corrected chi connectivity index (χ3v) is 5.28. The molecule has 4 aromatic rings. The standard InChI is InChI=1S/C24H22F2N6O2/c1-12(2)32-20(10-18-22(27)28-11-29-23(18)32)21(33)14-5-4-13(3)19(6-14)31-24(34)30-17-8-15(25)7-16(26)9-17/h4-12H,1-3H3,(H2,27,28,29)(H2,30,31,34). The second-order valence-corrected chi connectivity index (χ2v) is 8.09.